The van der Waals surface area contributed by atoms with Gasteiger partial charge in [0.1, 0.15) is 0 Å². The van der Waals surface area contributed by atoms with Crippen molar-refractivity contribution in [1.29, 1.82) is 0 Å². The zero-order chi connectivity index (χ0) is 13.7. The van der Waals surface area contributed by atoms with E-state index < -0.39 is 0 Å². The van der Waals surface area contributed by atoms with Gasteiger partial charge in [0, 0.05) is 24.2 Å². The molecular weight excluding hydrogens is 232 g/mol. The number of aromatic nitrogens is 1. The average Bonchev–Trinajstić information content (AvgIpc) is 2.77. The van der Waals surface area contributed by atoms with Gasteiger partial charge in [-0.3, -0.25) is 4.98 Å². The predicted molar refractivity (Wildman–Crippen MR) is 79.9 cm³/mol. The fourth-order valence-corrected chi connectivity index (χ4v) is 3.16. The number of hydrogen-bond acceptors (Lipinski definition) is 2. The molecule has 1 fully saturated rings. The lowest BCUT2D eigenvalue weighted by Crippen LogP contribution is -2.21. The Kier molecular flexibility index (Phi) is 2.68. The van der Waals surface area contributed by atoms with Crippen LogP contribution in [-0.4, -0.2) is 11.0 Å². The van der Waals surface area contributed by atoms with Crippen molar-refractivity contribution in [2.75, 3.05) is 0 Å². The molecule has 2 aromatic rings. The third-order valence-electron chi connectivity index (χ3n) is 5.20. The highest BCUT2D eigenvalue weighted by molar-refractivity contribution is 5.78. The van der Waals surface area contributed by atoms with Crippen LogP contribution in [-0.2, 0) is 6.54 Å². The molecule has 0 saturated heterocycles. The normalized spacial score (nSPS) is 20.6. The van der Waals surface area contributed by atoms with Crippen LogP contribution in [0.2, 0.25) is 0 Å². The van der Waals surface area contributed by atoms with Crippen molar-refractivity contribution in [1.82, 2.24) is 10.3 Å². The van der Waals surface area contributed by atoms with Gasteiger partial charge < -0.3 is 5.32 Å². The van der Waals surface area contributed by atoms with Crippen molar-refractivity contribution < 1.29 is 0 Å². The molecule has 0 radical (unpaired) electrons. The second kappa shape index (κ2) is 4.04. The maximum atomic E-state index is 4.36. The van der Waals surface area contributed by atoms with E-state index in [1.54, 1.807) is 0 Å². The van der Waals surface area contributed by atoms with E-state index in [0.29, 0.717) is 16.9 Å². The zero-order valence-electron chi connectivity index (χ0n) is 12.2. The van der Waals surface area contributed by atoms with Gasteiger partial charge in [-0.2, -0.15) is 0 Å². The van der Waals surface area contributed by atoms with Crippen molar-refractivity contribution in [2.45, 2.75) is 40.3 Å². The van der Waals surface area contributed by atoms with E-state index in [9.17, 15) is 0 Å². The highest BCUT2D eigenvalue weighted by Gasteiger charge is 2.64. The monoisotopic (exact) mass is 254 g/mol. The van der Waals surface area contributed by atoms with Gasteiger partial charge in [0.2, 0.25) is 0 Å². The number of benzene rings is 1. The molecule has 0 aliphatic heterocycles. The molecule has 0 spiro atoms. The van der Waals surface area contributed by atoms with Gasteiger partial charge in [0.15, 0.2) is 0 Å². The molecule has 100 valence electrons. The molecule has 1 aliphatic carbocycles. The lowest BCUT2D eigenvalue weighted by molar-refractivity contribution is 0.457. The first-order valence-corrected chi connectivity index (χ1v) is 7.00. The van der Waals surface area contributed by atoms with Crippen molar-refractivity contribution in [2.24, 2.45) is 10.8 Å². The smallest absolute Gasteiger partial charge is 0.0702 e. The molecule has 1 aromatic carbocycles. The molecule has 0 bridgehead atoms. The highest BCUT2D eigenvalue weighted by atomic mass is 15.0. The van der Waals surface area contributed by atoms with Crippen LogP contribution in [0.4, 0.5) is 0 Å². The Morgan fingerprint density at radius 2 is 1.84 bits per heavy atom. The predicted octanol–water partition coefficient (Wildman–Crippen LogP) is 3.76. The van der Waals surface area contributed by atoms with Gasteiger partial charge in [-0.25, -0.2) is 0 Å². The van der Waals surface area contributed by atoms with Gasteiger partial charge in [-0.1, -0.05) is 39.8 Å². The molecule has 1 aromatic heterocycles. The highest BCUT2D eigenvalue weighted by Crippen LogP contribution is 2.62. The van der Waals surface area contributed by atoms with Crippen molar-refractivity contribution in [3.05, 3.63) is 42.1 Å². The van der Waals surface area contributed by atoms with Crippen LogP contribution in [0.3, 0.4) is 0 Å². The molecule has 2 nitrogen and oxygen atoms in total. The molecule has 3 rings (SSSR count). The van der Waals surface area contributed by atoms with Crippen molar-refractivity contribution >= 4 is 10.9 Å². The molecule has 1 heterocycles. The lowest BCUT2D eigenvalue weighted by atomic mass is 10.0. The lowest BCUT2D eigenvalue weighted by Gasteiger charge is -2.07. The van der Waals surface area contributed by atoms with Crippen LogP contribution in [0, 0.1) is 10.8 Å². The number of fused-ring (bicyclic) bond motifs is 1. The molecule has 1 aliphatic rings. The summed E-state index contributed by atoms with van der Waals surface area (Å²) in [6, 6.07) is 11.2. The summed E-state index contributed by atoms with van der Waals surface area (Å²) in [4.78, 5) is 4.36. The largest absolute Gasteiger partial charge is 0.309 e. The first-order chi connectivity index (χ1) is 8.93. The third kappa shape index (κ3) is 1.95. The van der Waals surface area contributed by atoms with Crippen molar-refractivity contribution in [3.8, 4) is 0 Å². The van der Waals surface area contributed by atoms with E-state index in [2.05, 4.69) is 62.3 Å². The first kappa shape index (κ1) is 12.6. The van der Waals surface area contributed by atoms with E-state index in [1.165, 1.54) is 10.9 Å². The van der Waals surface area contributed by atoms with Crippen LogP contribution in [0.15, 0.2) is 36.5 Å². The fourth-order valence-electron chi connectivity index (χ4n) is 3.16. The maximum Gasteiger partial charge on any atom is 0.0702 e. The SMILES string of the molecule is CC1(C)C(NCc2ccc3ncccc3c2)C1(C)C. The summed E-state index contributed by atoms with van der Waals surface area (Å²) in [5, 5.41) is 4.92. The minimum atomic E-state index is 0.394. The Morgan fingerprint density at radius 3 is 2.53 bits per heavy atom. The Hall–Kier alpha value is -1.41. The molecule has 0 atom stereocenters. The summed E-state index contributed by atoms with van der Waals surface area (Å²) in [6.07, 6.45) is 1.84. The van der Waals surface area contributed by atoms with Crippen LogP contribution in [0.5, 0.6) is 0 Å². The summed E-state index contributed by atoms with van der Waals surface area (Å²) in [6.45, 7) is 10.3. The van der Waals surface area contributed by atoms with Gasteiger partial charge in [-0.05, 0) is 34.6 Å². The van der Waals surface area contributed by atoms with Crippen LogP contribution >= 0.6 is 0 Å². The van der Waals surface area contributed by atoms with Gasteiger partial charge >= 0.3 is 0 Å². The minimum absolute atomic E-state index is 0.394. The van der Waals surface area contributed by atoms with Gasteiger partial charge in [-0.15, -0.1) is 0 Å². The summed E-state index contributed by atoms with van der Waals surface area (Å²) in [5.74, 6) is 0. The average molecular weight is 254 g/mol. The Labute approximate surface area is 115 Å². The Morgan fingerprint density at radius 1 is 1.11 bits per heavy atom. The van der Waals surface area contributed by atoms with Crippen LogP contribution in [0.1, 0.15) is 33.3 Å². The number of rotatable bonds is 3. The Bertz CT molecular complexity index is 599. The molecule has 1 saturated carbocycles. The summed E-state index contributed by atoms with van der Waals surface area (Å²) in [7, 11) is 0. The third-order valence-corrected chi connectivity index (χ3v) is 5.20. The van der Waals surface area contributed by atoms with E-state index >= 15 is 0 Å². The number of pyridine rings is 1. The van der Waals surface area contributed by atoms with Crippen molar-refractivity contribution in [3.63, 3.8) is 0 Å². The number of nitrogens with one attached hydrogen (secondary N) is 1. The fraction of sp³-hybridized carbons (Fsp3) is 0.471. The second-order valence-electron chi connectivity index (χ2n) is 6.79. The molecule has 2 heteroatoms. The molecule has 0 unspecified atom stereocenters. The summed E-state index contributed by atoms with van der Waals surface area (Å²) in [5.41, 5.74) is 3.19. The summed E-state index contributed by atoms with van der Waals surface area (Å²) < 4.78 is 0. The molecule has 19 heavy (non-hydrogen) atoms. The second-order valence-corrected chi connectivity index (χ2v) is 6.79. The number of nitrogens with zero attached hydrogens (tertiary/aromatic N) is 1. The van der Waals surface area contributed by atoms with Gasteiger partial charge in [0.05, 0.1) is 5.52 Å². The zero-order valence-corrected chi connectivity index (χ0v) is 12.2. The minimum Gasteiger partial charge on any atom is -0.309 e. The quantitative estimate of drug-likeness (QED) is 0.902. The Balaban J connectivity index is 1.73. The topological polar surface area (TPSA) is 24.9 Å². The van der Waals surface area contributed by atoms with Gasteiger partial charge in [0.25, 0.3) is 0 Å². The van der Waals surface area contributed by atoms with E-state index in [0.717, 1.165) is 12.1 Å². The van der Waals surface area contributed by atoms with E-state index in [4.69, 9.17) is 0 Å². The van der Waals surface area contributed by atoms with Crippen LogP contribution in [0.25, 0.3) is 10.9 Å². The molecule has 1 N–H and O–H groups in total. The van der Waals surface area contributed by atoms with Crippen LogP contribution < -0.4 is 5.32 Å². The van der Waals surface area contributed by atoms with E-state index in [1.807, 2.05) is 12.3 Å². The molecule has 0 amide bonds. The first-order valence-electron chi connectivity index (χ1n) is 7.00. The summed E-state index contributed by atoms with van der Waals surface area (Å²) >= 11 is 0. The maximum absolute atomic E-state index is 4.36. The van der Waals surface area contributed by atoms with E-state index in [-0.39, 0.29) is 0 Å². The standard InChI is InChI=1S/C17H22N2/c1-16(2)15(17(16,3)4)19-11-12-7-8-14-13(10-12)6-5-9-18-14/h5-10,15,19H,11H2,1-4H3. The number of hydrogen-bond donors (Lipinski definition) is 1. The molecular formula is C17H22N2.